The maximum absolute atomic E-state index is 12.4. The van der Waals surface area contributed by atoms with Gasteiger partial charge in [0.1, 0.15) is 0 Å². The number of carbonyl (C=O) groups excluding carboxylic acids is 2. The fraction of sp³-hybridized carbons (Fsp3) is 0.429. The highest BCUT2D eigenvalue weighted by Gasteiger charge is 2.30. The molecule has 1 fully saturated rings. The molecule has 1 aromatic rings. The summed E-state index contributed by atoms with van der Waals surface area (Å²) in [4.78, 5) is 25.7. The van der Waals surface area contributed by atoms with Crippen molar-refractivity contribution in [3.05, 3.63) is 23.8 Å². The number of hydrogen-bond acceptors (Lipinski definition) is 4. The highest BCUT2D eigenvalue weighted by molar-refractivity contribution is 6.02. The Morgan fingerprint density at radius 2 is 2.11 bits per heavy atom. The number of carbonyl (C=O) groups is 2. The summed E-state index contributed by atoms with van der Waals surface area (Å²) in [5.74, 6) is 1.24. The number of benzene rings is 1. The summed E-state index contributed by atoms with van der Waals surface area (Å²) in [7, 11) is 0. The first-order valence-electron chi connectivity index (χ1n) is 6.40. The van der Waals surface area contributed by atoms with Crippen molar-refractivity contribution in [3.63, 3.8) is 0 Å². The Labute approximate surface area is 111 Å². The van der Waals surface area contributed by atoms with E-state index in [-0.39, 0.29) is 18.5 Å². The summed E-state index contributed by atoms with van der Waals surface area (Å²) >= 11 is 0. The number of rotatable bonds is 3. The summed E-state index contributed by atoms with van der Waals surface area (Å²) < 4.78 is 10.5. The minimum atomic E-state index is -0.421. The molecule has 100 valence electrons. The van der Waals surface area contributed by atoms with Gasteiger partial charge in [0.25, 0.3) is 0 Å². The topological polar surface area (TPSA) is 55.8 Å². The van der Waals surface area contributed by atoms with Crippen LogP contribution in [0.15, 0.2) is 18.2 Å². The number of ketones is 1. The van der Waals surface area contributed by atoms with Crippen LogP contribution in [0.2, 0.25) is 0 Å². The highest BCUT2D eigenvalue weighted by atomic mass is 16.7. The van der Waals surface area contributed by atoms with Gasteiger partial charge in [0.15, 0.2) is 17.3 Å². The second-order valence-electron chi connectivity index (χ2n) is 4.80. The molecule has 0 bridgehead atoms. The number of hydrogen-bond donors (Lipinski definition) is 0. The molecule has 5 heteroatoms. The number of amides is 1. The summed E-state index contributed by atoms with van der Waals surface area (Å²) in [5, 5.41) is 0. The second-order valence-corrected chi connectivity index (χ2v) is 4.80. The predicted octanol–water partition coefficient (Wildman–Crippen LogP) is 1.61. The van der Waals surface area contributed by atoms with Crippen LogP contribution in [0.25, 0.3) is 0 Å². The average Bonchev–Trinajstić information content (AvgIpc) is 3.04. The molecule has 1 saturated heterocycles. The van der Waals surface area contributed by atoms with Crippen LogP contribution in [0.3, 0.4) is 0 Å². The maximum Gasteiger partial charge on any atom is 0.231 e. The molecule has 3 rings (SSSR count). The zero-order chi connectivity index (χ0) is 13.4. The number of ether oxygens (including phenoxy) is 2. The van der Waals surface area contributed by atoms with Gasteiger partial charge in [0.05, 0.1) is 6.04 Å². The first-order chi connectivity index (χ1) is 9.16. The normalized spacial score (nSPS) is 18.8. The van der Waals surface area contributed by atoms with E-state index in [4.69, 9.17) is 9.47 Å². The molecule has 0 N–H and O–H groups in total. The van der Waals surface area contributed by atoms with E-state index in [1.54, 1.807) is 30.0 Å². The lowest BCUT2D eigenvalue weighted by atomic mass is 10.0. The Balaban J connectivity index is 1.81. The average molecular weight is 261 g/mol. The van der Waals surface area contributed by atoms with Crippen LogP contribution in [0, 0.1) is 0 Å². The minimum absolute atomic E-state index is 0.0570. The fourth-order valence-corrected chi connectivity index (χ4v) is 2.51. The molecule has 2 aliphatic heterocycles. The molecule has 5 nitrogen and oxygen atoms in total. The summed E-state index contributed by atoms with van der Waals surface area (Å²) in [5.41, 5.74) is 0.552. The molecule has 1 amide bonds. The quantitative estimate of drug-likeness (QED) is 0.776. The molecule has 1 atom stereocenters. The molecule has 0 spiro atoms. The first kappa shape index (κ1) is 12.0. The molecular formula is C14H15NO4. The van der Waals surface area contributed by atoms with Gasteiger partial charge in [0.2, 0.25) is 12.7 Å². The van der Waals surface area contributed by atoms with Crippen LogP contribution in [0.1, 0.15) is 30.1 Å². The summed E-state index contributed by atoms with van der Waals surface area (Å²) in [6, 6.07) is 4.71. The zero-order valence-corrected chi connectivity index (χ0v) is 10.7. The van der Waals surface area contributed by atoms with Gasteiger partial charge in [-0.2, -0.15) is 0 Å². The van der Waals surface area contributed by atoms with E-state index in [0.717, 1.165) is 6.42 Å². The number of nitrogens with zero attached hydrogens (tertiary/aromatic N) is 1. The van der Waals surface area contributed by atoms with Gasteiger partial charge in [-0.05, 0) is 31.5 Å². The summed E-state index contributed by atoms with van der Waals surface area (Å²) in [6.07, 6.45) is 1.37. The first-order valence-corrected chi connectivity index (χ1v) is 6.40. The third-order valence-corrected chi connectivity index (χ3v) is 3.61. The van der Waals surface area contributed by atoms with Crippen LogP contribution in [0.5, 0.6) is 11.5 Å². The van der Waals surface area contributed by atoms with Gasteiger partial charge in [-0.25, -0.2) is 0 Å². The van der Waals surface area contributed by atoms with Gasteiger partial charge < -0.3 is 14.4 Å². The fourth-order valence-electron chi connectivity index (χ4n) is 2.51. The molecule has 0 saturated carbocycles. The van der Waals surface area contributed by atoms with E-state index in [2.05, 4.69) is 0 Å². The van der Waals surface area contributed by atoms with Crippen molar-refractivity contribution >= 4 is 11.7 Å². The maximum atomic E-state index is 12.4. The Morgan fingerprint density at radius 1 is 1.32 bits per heavy atom. The van der Waals surface area contributed by atoms with Gasteiger partial charge >= 0.3 is 0 Å². The van der Waals surface area contributed by atoms with Crippen molar-refractivity contribution in [2.24, 2.45) is 0 Å². The lowest BCUT2D eigenvalue weighted by Crippen LogP contribution is -2.39. The molecule has 0 radical (unpaired) electrons. The Kier molecular flexibility index (Phi) is 2.89. The van der Waals surface area contributed by atoms with Crippen LogP contribution in [-0.2, 0) is 4.79 Å². The highest BCUT2D eigenvalue weighted by Crippen LogP contribution is 2.33. The van der Waals surface area contributed by atoms with Crippen LogP contribution >= 0.6 is 0 Å². The van der Waals surface area contributed by atoms with Crippen molar-refractivity contribution in [3.8, 4) is 11.5 Å². The number of Topliss-reactive ketones (excluding diaryl/α,β-unsaturated/α-hetero) is 1. The minimum Gasteiger partial charge on any atom is -0.454 e. The van der Waals surface area contributed by atoms with Crippen molar-refractivity contribution < 1.29 is 19.1 Å². The lowest BCUT2D eigenvalue weighted by Gasteiger charge is -2.23. The number of likely N-dealkylation sites (tertiary alicyclic amines) is 1. The molecule has 2 heterocycles. The van der Waals surface area contributed by atoms with E-state index in [9.17, 15) is 9.59 Å². The van der Waals surface area contributed by atoms with E-state index >= 15 is 0 Å². The molecule has 0 aromatic heterocycles. The molecule has 1 aromatic carbocycles. The van der Waals surface area contributed by atoms with Gasteiger partial charge in [0, 0.05) is 18.5 Å². The van der Waals surface area contributed by atoms with Crippen LogP contribution in [0.4, 0.5) is 0 Å². The molecule has 2 aliphatic rings. The van der Waals surface area contributed by atoms with E-state index in [1.165, 1.54) is 0 Å². The molecule has 19 heavy (non-hydrogen) atoms. The van der Waals surface area contributed by atoms with Crippen LogP contribution in [-0.4, -0.2) is 36.0 Å². The van der Waals surface area contributed by atoms with Crippen LogP contribution < -0.4 is 9.47 Å². The van der Waals surface area contributed by atoms with Crippen molar-refractivity contribution in [1.29, 1.82) is 0 Å². The van der Waals surface area contributed by atoms with Gasteiger partial charge in [-0.3, -0.25) is 9.59 Å². The molecule has 1 unspecified atom stereocenters. The summed E-state index contributed by atoms with van der Waals surface area (Å²) in [6.45, 7) is 2.62. The Bertz CT molecular complexity index is 540. The second kappa shape index (κ2) is 4.57. The SMILES string of the molecule is CC(C(=O)c1ccc2c(c1)OCO2)N1CCCC1=O. The lowest BCUT2D eigenvalue weighted by molar-refractivity contribution is -0.128. The Hall–Kier alpha value is -2.04. The zero-order valence-electron chi connectivity index (χ0n) is 10.7. The Morgan fingerprint density at radius 3 is 2.84 bits per heavy atom. The van der Waals surface area contributed by atoms with Gasteiger partial charge in [-0.15, -0.1) is 0 Å². The van der Waals surface area contributed by atoms with Crippen molar-refractivity contribution in [1.82, 2.24) is 4.90 Å². The van der Waals surface area contributed by atoms with Gasteiger partial charge in [-0.1, -0.05) is 0 Å². The van der Waals surface area contributed by atoms with Crippen molar-refractivity contribution in [2.75, 3.05) is 13.3 Å². The van der Waals surface area contributed by atoms with E-state index in [1.807, 2.05) is 0 Å². The molecule has 0 aliphatic carbocycles. The largest absolute Gasteiger partial charge is 0.454 e. The smallest absolute Gasteiger partial charge is 0.231 e. The van der Waals surface area contributed by atoms with Crippen molar-refractivity contribution in [2.45, 2.75) is 25.8 Å². The monoisotopic (exact) mass is 261 g/mol. The molecular weight excluding hydrogens is 246 g/mol. The standard InChI is InChI=1S/C14H15NO4/c1-9(15-6-2-3-13(15)16)14(17)10-4-5-11-12(7-10)19-8-18-11/h4-5,7,9H,2-3,6,8H2,1H3. The number of fused-ring (bicyclic) bond motifs is 1. The van der Waals surface area contributed by atoms with E-state index in [0.29, 0.717) is 30.0 Å². The third-order valence-electron chi connectivity index (χ3n) is 3.61. The van der Waals surface area contributed by atoms with E-state index < -0.39 is 6.04 Å². The predicted molar refractivity (Wildman–Crippen MR) is 67.3 cm³/mol. The third kappa shape index (κ3) is 2.05.